The first-order chi connectivity index (χ1) is 8.20. The second kappa shape index (κ2) is 5.38. The number of anilines is 2. The van der Waals surface area contributed by atoms with Gasteiger partial charge in [-0.2, -0.15) is 0 Å². The summed E-state index contributed by atoms with van der Waals surface area (Å²) in [6, 6.07) is 5.73. The van der Waals surface area contributed by atoms with Crippen LogP contribution >= 0.6 is 11.6 Å². The number of piperazine rings is 1. The Morgan fingerprint density at radius 3 is 2.59 bits per heavy atom. The minimum Gasteiger partial charge on any atom is -0.369 e. The average molecular weight is 254 g/mol. The molecule has 0 spiro atoms. The predicted molar refractivity (Wildman–Crippen MR) is 70.8 cm³/mol. The molecule has 0 unspecified atom stereocenters. The highest BCUT2D eigenvalue weighted by molar-refractivity contribution is 6.33. The van der Waals surface area contributed by atoms with E-state index < -0.39 is 0 Å². The maximum Gasteiger partial charge on any atom is 0.211 e. The standard InChI is InChI=1S/C12H16ClN3O/c1-15-4-6-16(7-5-15)10-2-3-12(14-9-17)11(13)8-10/h2-3,8-9H,4-7H2,1H3,(H,14,17). The fourth-order valence-corrected chi connectivity index (χ4v) is 2.18. The summed E-state index contributed by atoms with van der Waals surface area (Å²) in [5, 5.41) is 3.15. The molecular weight excluding hydrogens is 238 g/mol. The quantitative estimate of drug-likeness (QED) is 0.833. The van der Waals surface area contributed by atoms with Crippen LogP contribution in [0.4, 0.5) is 11.4 Å². The van der Waals surface area contributed by atoms with Gasteiger partial charge in [-0.15, -0.1) is 0 Å². The molecule has 1 fully saturated rings. The van der Waals surface area contributed by atoms with E-state index in [9.17, 15) is 4.79 Å². The van der Waals surface area contributed by atoms with Gasteiger partial charge in [-0.25, -0.2) is 0 Å². The van der Waals surface area contributed by atoms with E-state index in [1.165, 1.54) is 0 Å². The van der Waals surface area contributed by atoms with E-state index in [1.54, 1.807) is 0 Å². The van der Waals surface area contributed by atoms with Gasteiger partial charge in [-0.05, 0) is 25.2 Å². The number of carbonyl (C=O) groups is 1. The Kier molecular flexibility index (Phi) is 3.86. The molecule has 1 aromatic carbocycles. The van der Waals surface area contributed by atoms with Crippen molar-refractivity contribution in [2.24, 2.45) is 0 Å². The van der Waals surface area contributed by atoms with Crippen LogP contribution in [0.3, 0.4) is 0 Å². The summed E-state index contributed by atoms with van der Waals surface area (Å²) in [4.78, 5) is 15.0. The molecule has 1 aliphatic heterocycles. The molecule has 4 nitrogen and oxygen atoms in total. The Balaban J connectivity index is 2.11. The third-order valence-corrected chi connectivity index (χ3v) is 3.35. The molecule has 0 radical (unpaired) electrons. The van der Waals surface area contributed by atoms with E-state index in [0.29, 0.717) is 17.1 Å². The van der Waals surface area contributed by atoms with Crippen LogP contribution in [0.2, 0.25) is 5.02 Å². The molecule has 1 heterocycles. The molecular formula is C12H16ClN3O. The van der Waals surface area contributed by atoms with Gasteiger partial charge in [0.15, 0.2) is 0 Å². The smallest absolute Gasteiger partial charge is 0.211 e. The minimum absolute atomic E-state index is 0.577. The van der Waals surface area contributed by atoms with Crippen LogP contribution < -0.4 is 10.2 Å². The third kappa shape index (κ3) is 2.90. The summed E-state index contributed by atoms with van der Waals surface area (Å²) in [7, 11) is 2.13. The van der Waals surface area contributed by atoms with Gasteiger partial charge < -0.3 is 15.1 Å². The van der Waals surface area contributed by atoms with Crippen LogP contribution in [0.5, 0.6) is 0 Å². The van der Waals surface area contributed by atoms with Gasteiger partial charge in [0.1, 0.15) is 0 Å². The molecule has 0 aromatic heterocycles. The van der Waals surface area contributed by atoms with Crippen molar-refractivity contribution in [2.75, 3.05) is 43.4 Å². The summed E-state index contributed by atoms with van der Waals surface area (Å²) in [5.41, 5.74) is 1.76. The van der Waals surface area contributed by atoms with Crippen molar-refractivity contribution in [1.29, 1.82) is 0 Å². The van der Waals surface area contributed by atoms with E-state index in [4.69, 9.17) is 11.6 Å². The first-order valence-electron chi connectivity index (χ1n) is 5.64. The molecule has 17 heavy (non-hydrogen) atoms. The van der Waals surface area contributed by atoms with Crippen LogP contribution in [-0.4, -0.2) is 44.5 Å². The summed E-state index contributed by atoms with van der Waals surface area (Å²) in [6.07, 6.45) is 0.636. The molecule has 1 aromatic rings. The normalized spacial score (nSPS) is 16.9. The number of nitrogens with one attached hydrogen (secondary N) is 1. The number of halogens is 1. The van der Waals surface area contributed by atoms with Gasteiger partial charge >= 0.3 is 0 Å². The molecule has 0 bridgehead atoms. The van der Waals surface area contributed by atoms with Gasteiger partial charge in [0.25, 0.3) is 0 Å². The number of hydrogen-bond acceptors (Lipinski definition) is 3. The zero-order chi connectivity index (χ0) is 12.3. The lowest BCUT2D eigenvalue weighted by Crippen LogP contribution is -2.44. The highest BCUT2D eigenvalue weighted by atomic mass is 35.5. The van der Waals surface area contributed by atoms with Crippen LogP contribution in [0.15, 0.2) is 18.2 Å². The summed E-state index contributed by atoms with van der Waals surface area (Å²) in [6.45, 7) is 4.14. The SMILES string of the molecule is CN1CCN(c2ccc(NC=O)c(Cl)c2)CC1. The Morgan fingerprint density at radius 2 is 2.00 bits per heavy atom. The lowest BCUT2D eigenvalue weighted by molar-refractivity contribution is -0.105. The van der Waals surface area contributed by atoms with Crippen molar-refractivity contribution in [3.05, 3.63) is 23.2 Å². The van der Waals surface area contributed by atoms with Gasteiger partial charge in [0, 0.05) is 31.9 Å². The van der Waals surface area contributed by atoms with Crippen LogP contribution in [0.1, 0.15) is 0 Å². The van der Waals surface area contributed by atoms with Crippen molar-refractivity contribution in [3.8, 4) is 0 Å². The predicted octanol–water partition coefficient (Wildman–Crippen LogP) is 1.66. The number of benzene rings is 1. The van der Waals surface area contributed by atoms with E-state index in [1.807, 2.05) is 18.2 Å². The van der Waals surface area contributed by atoms with Gasteiger partial charge in [-0.1, -0.05) is 11.6 Å². The van der Waals surface area contributed by atoms with Crippen molar-refractivity contribution in [3.63, 3.8) is 0 Å². The summed E-state index contributed by atoms with van der Waals surface area (Å²) >= 11 is 6.10. The Labute approximate surface area is 106 Å². The molecule has 1 N–H and O–H groups in total. The first-order valence-corrected chi connectivity index (χ1v) is 6.02. The number of rotatable bonds is 3. The molecule has 92 valence electrons. The van der Waals surface area contributed by atoms with E-state index in [0.717, 1.165) is 31.9 Å². The lowest BCUT2D eigenvalue weighted by atomic mass is 10.2. The maximum atomic E-state index is 10.4. The molecule has 0 atom stereocenters. The summed E-state index contributed by atoms with van der Waals surface area (Å²) in [5.74, 6) is 0. The Morgan fingerprint density at radius 1 is 1.29 bits per heavy atom. The number of amides is 1. The number of carbonyl (C=O) groups excluding carboxylic acids is 1. The Bertz CT molecular complexity index is 403. The fourth-order valence-electron chi connectivity index (χ4n) is 1.95. The molecule has 2 rings (SSSR count). The topological polar surface area (TPSA) is 35.6 Å². The maximum absolute atomic E-state index is 10.4. The number of nitrogens with zero attached hydrogens (tertiary/aromatic N) is 2. The highest BCUT2D eigenvalue weighted by Gasteiger charge is 2.14. The van der Waals surface area contributed by atoms with E-state index >= 15 is 0 Å². The Hall–Kier alpha value is -1.26. The monoisotopic (exact) mass is 253 g/mol. The molecule has 1 aliphatic rings. The second-order valence-corrected chi connectivity index (χ2v) is 4.62. The van der Waals surface area contributed by atoms with Crippen molar-refractivity contribution in [1.82, 2.24) is 4.90 Å². The largest absolute Gasteiger partial charge is 0.369 e. The fraction of sp³-hybridized carbons (Fsp3) is 0.417. The number of hydrogen-bond donors (Lipinski definition) is 1. The van der Waals surface area contributed by atoms with Gasteiger partial charge in [0.05, 0.1) is 10.7 Å². The van der Waals surface area contributed by atoms with E-state index in [2.05, 4.69) is 22.2 Å². The van der Waals surface area contributed by atoms with Crippen LogP contribution in [-0.2, 0) is 4.79 Å². The zero-order valence-electron chi connectivity index (χ0n) is 9.82. The van der Waals surface area contributed by atoms with Crippen LogP contribution in [0, 0.1) is 0 Å². The van der Waals surface area contributed by atoms with Crippen LogP contribution in [0.25, 0.3) is 0 Å². The highest BCUT2D eigenvalue weighted by Crippen LogP contribution is 2.27. The molecule has 0 aliphatic carbocycles. The number of likely N-dealkylation sites (N-methyl/N-ethyl adjacent to an activating group) is 1. The first kappa shape index (κ1) is 12.2. The zero-order valence-corrected chi connectivity index (χ0v) is 10.6. The van der Waals surface area contributed by atoms with Crippen molar-refractivity contribution >= 4 is 29.4 Å². The van der Waals surface area contributed by atoms with Gasteiger partial charge in [-0.3, -0.25) is 4.79 Å². The third-order valence-electron chi connectivity index (χ3n) is 3.04. The minimum atomic E-state index is 0.577. The molecule has 1 saturated heterocycles. The summed E-state index contributed by atoms with van der Waals surface area (Å²) < 4.78 is 0. The second-order valence-electron chi connectivity index (χ2n) is 4.22. The molecule has 1 amide bonds. The van der Waals surface area contributed by atoms with Crippen molar-refractivity contribution < 1.29 is 4.79 Å². The van der Waals surface area contributed by atoms with Gasteiger partial charge in [0.2, 0.25) is 6.41 Å². The van der Waals surface area contributed by atoms with Crippen molar-refractivity contribution in [2.45, 2.75) is 0 Å². The van der Waals surface area contributed by atoms with E-state index in [-0.39, 0.29) is 0 Å². The molecule has 0 saturated carbocycles. The average Bonchev–Trinajstić information content (AvgIpc) is 2.33. The molecule has 5 heteroatoms. The lowest BCUT2D eigenvalue weighted by Gasteiger charge is -2.34.